The van der Waals surface area contributed by atoms with Gasteiger partial charge in [0.1, 0.15) is 17.3 Å². The number of hydrogen-bond acceptors (Lipinski definition) is 4. The summed E-state index contributed by atoms with van der Waals surface area (Å²) in [6.45, 7) is 6.91. The highest BCUT2D eigenvalue weighted by molar-refractivity contribution is 9.10. The van der Waals surface area contributed by atoms with Gasteiger partial charge in [-0.15, -0.1) is 0 Å². The van der Waals surface area contributed by atoms with Gasteiger partial charge in [0.25, 0.3) is 0 Å². The third-order valence-corrected chi connectivity index (χ3v) is 3.26. The predicted octanol–water partition coefficient (Wildman–Crippen LogP) is 3.94. The van der Waals surface area contributed by atoms with Crippen LogP contribution in [-0.4, -0.2) is 16.5 Å². The quantitative estimate of drug-likeness (QED) is 0.929. The van der Waals surface area contributed by atoms with Crippen LogP contribution in [0.4, 0.5) is 5.82 Å². The van der Waals surface area contributed by atoms with Crippen LogP contribution in [0.15, 0.2) is 21.2 Å². The topological polar surface area (TPSA) is 51.0 Å². The Bertz CT molecular complexity index is 551. The normalized spacial score (nSPS) is 10.7. The van der Waals surface area contributed by atoms with Crippen LogP contribution in [0.5, 0.6) is 0 Å². The van der Waals surface area contributed by atoms with E-state index in [1.54, 1.807) is 6.26 Å². The lowest BCUT2D eigenvalue weighted by atomic mass is 10.2. The average Bonchev–Trinajstić information content (AvgIpc) is 2.76. The highest BCUT2D eigenvalue weighted by Gasteiger charge is 2.15. The Balaban J connectivity index is 2.48. The Morgan fingerprint density at radius 2 is 2.11 bits per heavy atom. The van der Waals surface area contributed by atoms with E-state index in [1.165, 1.54) is 0 Å². The van der Waals surface area contributed by atoms with E-state index in [-0.39, 0.29) is 0 Å². The van der Waals surface area contributed by atoms with E-state index in [4.69, 9.17) is 4.42 Å². The van der Waals surface area contributed by atoms with Crippen LogP contribution < -0.4 is 5.32 Å². The molecule has 96 valence electrons. The Morgan fingerprint density at radius 1 is 1.33 bits per heavy atom. The second-order valence-corrected chi connectivity index (χ2v) is 4.97. The van der Waals surface area contributed by atoms with Crippen molar-refractivity contribution in [3.05, 3.63) is 28.2 Å². The van der Waals surface area contributed by atoms with Gasteiger partial charge in [0.15, 0.2) is 5.76 Å². The summed E-state index contributed by atoms with van der Waals surface area (Å²) in [7, 11) is 0. The molecule has 18 heavy (non-hydrogen) atoms. The van der Waals surface area contributed by atoms with Gasteiger partial charge in [-0.1, -0.05) is 6.92 Å². The fourth-order valence-corrected chi connectivity index (χ4v) is 2.12. The minimum Gasteiger partial charge on any atom is -0.461 e. The maximum absolute atomic E-state index is 5.48. The Morgan fingerprint density at radius 3 is 2.72 bits per heavy atom. The number of nitrogens with zero attached hydrogens (tertiary/aromatic N) is 2. The summed E-state index contributed by atoms with van der Waals surface area (Å²) in [5.74, 6) is 2.36. The van der Waals surface area contributed by atoms with Crippen molar-refractivity contribution in [2.24, 2.45) is 0 Å². The van der Waals surface area contributed by atoms with E-state index >= 15 is 0 Å². The zero-order valence-electron chi connectivity index (χ0n) is 10.7. The molecule has 0 fully saturated rings. The van der Waals surface area contributed by atoms with E-state index in [1.807, 2.05) is 19.9 Å². The van der Waals surface area contributed by atoms with Gasteiger partial charge >= 0.3 is 0 Å². The molecule has 0 radical (unpaired) electrons. The molecule has 0 aliphatic rings. The number of rotatable bonds is 4. The largest absolute Gasteiger partial charge is 0.461 e. The van der Waals surface area contributed by atoms with Crippen molar-refractivity contribution in [3.63, 3.8) is 0 Å². The summed E-state index contributed by atoms with van der Waals surface area (Å²) in [4.78, 5) is 8.90. The molecule has 0 bridgehead atoms. The van der Waals surface area contributed by atoms with Crippen molar-refractivity contribution in [1.29, 1.82) is 0 Å². The van der Waals surface area contributed by atoms with Gasteiger partial charge < -0.3 is 9.73 Å². The third-order valence-electron chi connectivity index (χ3n) is 2.63. The molecule has 0 atom stereocenters. The first-order chi connectivity index (χ1) is 8.63. The SMILES string of the molecule is CCCNc1nc(C)nc(-c2occc2Br)c1C. The second-order valence-electron chi connectivity index (χ2n) is 4.12. The average molecular weight is 310 g/mol. The number of nitrogens with one attached hydrogen (secondary N) is 1. The second kappa shape index (κ2) is 5.52. The van der Waals surface area contributed by atoms with Crippen LogP contribution in [0.3, 0.4) is 0 Å². The number of anilines is 1. The molecule has 2 aromatic heterocycles. The molecule has 2 heterocycles. The number of halogens is 1. The predicted molar refractivity (Wildman–Crippen MR) is 75.7 cm³/mol. The molecule has 1 N–H and O–H groups in total. The summed E-state index contributed by atoms with van der Waals surface area (Å²) >= 11 is 3.46. The molecule has 0 saturated heterocycles. The lowest BCUT2D eigenvalue weighted by Gasteiger charge is -2.11. The highest BCUT2D eigenvalue weighted by atomic mass is 79.9. The van der Waals surface area contributed by atoms with E-state index in [0.717, 1.165) is 46.1 Å². The number of furan rings is 1. The van der Waals surface area contributed by atoms with Crippen LogP contribution >= 0.6 is 15.9 Å². The summed E-state index contributed by atoms with van der Waals surface area (Å²) in [5.41, 5.74) is 1.84. The van der Waals surface area contributed by atoms with Crippen molar-refractivity contribution in [1.82, 2.24) is 9.97 Å². The Labute approximate surface area is 115 Å². The molecule has 0 unspecified atom stereocenters. The highest BCUT2D eigenvalue weighted by Crippen LogP contribution is 2.32. The zero-order valence-corrected chi connectivity index (χ0v) is 12.3. The van der Waals surface area contributed by atoms with Gasteiger partial charge in [-0.25, -0.2) is 9.97 Å². The van der Waals surface area contributed by atoms with Crippen LogP contribution in [0.25, 0.3) is 11.5 Å². The summed E-state index contributed by atoms with van der Waals surface area (Å²) in [6, 6.07) is 1.87. The van der Waals surface area contributed by atoms with Gasteiger partial charge in [-0.2, -0.15) is 0 Å². The van der Waals surface area contributed by atoms with E-state index in [0.29, 0.717) is 0 Å². The molecule has 5 heteroatoms. The fraction of sp³-hybridized carbons (Fsp3) is 0.385. The van der Waals surface area contributed by atoms with Crippen LogP contribution in [0.2, 0.25) is 0 Å². The van der Waals surface area contributed by atoms with Crippen molar-refractivity contribution >= 4 is 21.7 Å². The standard InChI is InChI=1S/C13H16BrN3O/c1-4-6-15-13-8(2)11(16-9(3)17-13)12-10(14)5-7-18-12/h5,7H,4,6H2,1-3H3,(H,15,16,17). The minimum atomic E-state index is 0.734. The van der Waals surface area contributed by atoms with E-state index in [9.17, 15) is 0 Å². The van der Waals surface area contributed by atoms with Crippen molar-refractivity contribution < 1.29 is 4.42 Å². The lowest BCUT2D eigenvalue weighted by molar-refractivity contribution is 0.578. The van der Waals surface area contributed by atoms with Crippen molar-refractivity contribution in [2.45, 2.75) is 27.2 Å². The van der Waals surface area contributed by atoms with E-state index in [2.05, 4.69) is 38.1 Å². The molecule has 0 aromatic carbocycles. The molecule has 0 aliphatic heterocycles. The summed E-state index contributed by atoms with van der Waals surface area (Å²) in [5, 5.41) is 3.32. The van der Waals surface area contributed by atoms with Gasteiger partial charge in [0.2, 0.25) is 0 Å². The first-order valence-corrected chi connectivity index (χ1v) is 6.75. The van der Waals surface area contributed by atoms with Gasteiger partial charge in [0, 0.05) is 12.1 Å². The smallest absolute Gasteiger partial charge is 0.166 e. The molecule has 4 nitrogen and oxygen atoms in total. The van der Waals surface area contributed by atoms with E-state index < -0.39 is 0 Å². The summed E-state index contributed by atoms with van der Waals surface area (Å²) < 4.78 is 6.39. The van der Waals surface area contributed by atoms with Crippen LogP contribution in [0, 0.1) is 13.8 Å². The van der Waals surface area contributed by atoms with Crippen LogP contribution in [0.1, 0.15) is 24.7 Å². The van der Waals surface area contributed by atoms with Crippen molar-refractivity contribution in [3.8, 4) is 11.5 Å². The van der Waals surface area contributed by atoms with Gasteiger partial charge in [-0.05, 0) is 42.3 Å². The fourth-order valence-electron chi connectivity index (χ4n) is 1.73. The zero-order chi connectivity index (χ0) is 13.1. The maximum Gasteiger partial charge on any atom is 0.166 e. The number of hydrogen-bond donors (Lipinski definition) is 1. The Hall–Kier alpha value is -1.36. The Kier molecular flexibility index (Phi) is 4.01. The van der Waals surface area contributed by atoms with Crippen LogP contribution in [-0.2, 0) is 0 Å². The van der Waals surface area contributed by atoms with Gasteiger partial charge in [-0.3, -0.25) is 0 Å². The molecule has 0 aliphatic carbocycles. The lowest BCUT2D eigenvalue weighted by Crippen LogP contribution is -2.07. The van der Waals surface area contributed by atoms with Gasteiger partial charge in [0.05, 0.1) is 10.7 Å². The first-order valence-electron chi connectivity index (χ1n) is 5.96. The van der Waals surface area contributed by atoms with Crippen molar-refractivity contribution in [2.75, 3.05) is 11.9 Å². The maximum atomic E-state index is 5.48. The number of aromatic nitrogens is 2. The molecular formula is C13H16BrN3O. The molecular weight excluding hydrogens is 294 g/mol. The monoisotopic (exact) mass is 309 g/mol. The molecule has 0 saturated carbocycles. The molecule has 2 rings (SSSR count). The molecule has 0 spiro atoms. The number of aryl methyl sites for hydroxylation is 1. The third kappa shape index (κ3) is 2.56. The first kappa shape index (κ1) is 13.1. The molecule has 0 amide bonds. The summed E-state index contributed by atoms with van der Waals surface area (Å²) in [6.07, 6.45) is 2.71. The molecule has 2 aromatic rings. The minimum absolute atomic E-state index is 0.734.